The van der Waals surface area contributed by atoms with Crippen molar-refractivity contribution in [1.29, 1.82) is 0 Å². The Labute approximate surface area is 140 Å². The van der Waals surface area contributed by atoms with Gasteiger partial charge in [-0.15, -0.1) is 0 Å². The second kappa shape index (κ2) is 8.07. The average Bonchev–Trinajstić information content (AvgIpc) is 2.60. The van der Waals surface area contributed by atoms with Crippen LogP contribution in [0.25, 0.3) is 0 Å². The van der Waals surface area contributed by atoms with Gasteiger partial charge in [-0.2, -0.15) is 0 Å². The zero-order valence-corrected chi connectivity index (χ0v) is 14.0. The Morgan fingerprint density at radius 3 is 2.67 bits per heavy atom. The van der Waals surface area contributed by atoms with Gasteiger partial charge in [-0.05, 0) is 38.1 Å². The molecule has 0 spiro atoms. The topological polar surface area (TPSA) is 103 Å². The molecule has 1 amide bonds. The van der Waals surface area contributed by atoms with Gasteiger partial charge in [-0.1, -0.05) is 0 Å². The van der Waals surface area contributed by atoms with Crippen molar-refractivity contribution in [3.63, 3.8) is 0 Å². The standard InChI is InChI=1S/C16H23N3O5/c1-23-11-16(5-7-17-8-6-16)10-18-15(20)13-9-12(24-2)3-4-14(13)19(21)22/h3-4,9,17H,5-8,10-11H2,1-2H3,(H,18,20). The molecule has 1 saturated heterocycles. The van der Waals surface area contributed by atoms with Gasteiger partial charge in [0.1, 0.15) is 11.3 Å². The second-order valence-corrected chi connectivity index (χ2v) is 6.01. The predicted molar refractivity (Wildman–Crippen MR) is 88.4 cm³/mol. The maximum atomic E-state index is 12.5. The maximum absolute atomic E-state index is 12.5. The molecule has 24 heavy (non-hydrogen) atoms. The molecule has 132 valence electrons. The van der Waals surface area contributed by atoms with E-state index in [0.717, 1.165) is 25.9 Å². The van der Waals surface area contributed by atoms with Crippen LogP contribution in [0.5, 0.6) is 5.75 Å². The molecule has 0 saturated carbocycles. The summed E-state index contributed by atoms with van der Waals surface area (Å²) in [4.78, 5) is 23.1. The predicted octanol–water partition coefficient (Wildman–Crippen LogP) is 1.35. The van der Waals surface area contributed by atoms with E-state index in [4.69, 9.17) is 9.47 Å². The summed E-state index contributed by atoms with van der Waals surface area (Å²) in [6.45, 7) is 2.67. The molecule has 1 heterocycles. The number of carbonyl (C=O) groups excluding carboxylic acids is 1. The molecular formula is C16H23N3O5. The van der Waals surface area contributed by atoms with E-state index in [1.807, 2.05) is 0 Å². The SMILES string of the molecule is COCC1(CNC(=O)c2cc(OC)ccc2[N+](=O)[O-])CCNCC1. The van der Waals surface area contributed by atoms with E-state index < -0.39 is 10.8 Å². The molecule has 2 rings (SSSR count). The first-order valence-corrected chi connectivity index (χ1v) is 7.82. The first kappa shape index (κ1) is 18.2. The Hall–Kier alpha value is -2.19. The van der Waals surface area contributed by atoms with Crippen molar-refractivity contribution >= 4 is 11.6 Å². The Morgan fingerprint density at radius 2 is 2.08 bits per heavy atom. The monoisotopic (exact) mass is 337 g/mol. The number of nitrogens with zero attached hydrogens (tertiary/aromatic N) is 1. The highest BCUT2D eigenvalue weighted by Crippen LogP contribution is 2.29. The average molecular weight is 337 g/mol. The third kappa shape index (κ3) is 4.21. The molecule has 0 aromatic heterocycles. The molecule has 1 aliphatic heterocycles. The number of hydrogen-bond acceptors (Lipinski definition) is 6. The van der Waals surface area contributed by atoms with Gasteiger partial charge in [0.2, 0.25) is 0 Å². The summed E-state index contributed by atoms with van der Waals surface area (Å²) in [6.07, 6.45) is 1.75. The number of amides is 1. The van der Waals surface area contributed by atoms with Crippen LogP contribution in [0, 0.1) is 15.5 Å². The van der Waals surface area contributed by atoms with E-state index in [2.05, 4.69) is 10.6 Å². The van der Waals surface area contributed by atoms with E-state index in [1.165, 1.54) is 25.3 Å². The van der Waals surface area contributed by atoms with Crippen LogP contribution >= 0.6 is 0 Å². The summed E-state index contributed by atoms with van der Waals surface area (Å²) in [5, 5.41) is 17.3. The van der Waals surface area contributed by atoms with E-state index in [-0.39, 0.29) is 16.7 Å². The molecule has 0 bridgehead atoms. The highest BCUT2D eigenvalue weighted by Gasteiger charge is 2.33. The molecule has 8 nitrogen and oxygen atoms in total. The number of nitro benzene ring substituents is 1. The van der Waals surface area contributed by atoms with E-state index >= 15 is 0 Å². The summed E-state index contributed by atoms with van der Waals surface area (Å²) in [7, 11) is 3.09. The zero-order chi connectivity index (χ0) is 17.6. The van der Waals surface area contributed by atoms with Gasteiger partial charge in [-0.3, -0.25) is 14.9 Å². The molecule has 2 N–H and O–H groups in total. The zero-order valence-electron chi connectivity index (χ0n) is 14.0. The van der Waals surface area contributed by atoms with Crippen molar-refractivity contribution in [2.24, 2.45) is 5.41 Å². The van der Waals surface area contributed by atoms with Crippen molar-refractivity contribution in [1.82, 2.24) is 10.6 Å². The highest BCUT2D eigenvalue weighted by molar-refractivity contribution is 5.98. The van der Waals surface area contributed by atoms with Crippen molar-refractivity contribution in [2.75, 3.05) is 40.5 Å². The van der Waals surface area contributed by atoms with E-state index in [0.29, 0.717) is 18.9 Å². The molecule has 0 unspecified atom stereocenters. The summed E-state index contributed by atoms with van der Waals surface area (Å²) in [5.74, 6) is -0.0752. The quantitative estimate of drug-likeness (QED) is 0.575. The number of benzene rings is 1. The van der Waals surface area contributed by atoms with Gasteiger partial charge in [0, 0.05) is 25.1 Å². The highest BCUT2D eigenvalue weighted by atomic mass is 16.6. The number of nitrogens with one attached hydrogen (secondary N) is 2. The fourth-order valence-electron chi connectivity index (χ4n) is 2.98. The number of carbonyl (C=O) groups is 1. The number of piperidine rings is 1. The largest absolute Gasteiger partial charge is 0.497 e. The molecule has 1 fully saturated rings. The first-order chi connectivity index (χ1) is 11.5. The summed E-state index contributed by atoms with van der Waals surface area (Å²) in [5.41, 5.74) is -0.385. The molecule has 1 aliphatic rings. The lowest BCUT2D eigenvalue weighted by molar-refractivity contribution is -0.385. The molecule has 0 radical (unpaired) electrons. The van der Waals surface area contributed by atoms with Gasteiger partial charge in [-0.25, -0.2) is 0 Å². The molecular weight excluding hydrogens is 314 g/mol. The van der Waals surface area contributed by atoms with Crippen LogP contribution in [-0.4, -0.2) is 51.3 Å². The van der Waals surface area contributed by atoms with Crippen LogP contribution in [0.15, 0.2) is 18.2 Å². The van der Waals surface area contributed by atoms with Gasteiger partial charge in [0.15, 0.2) is 0 Å². The third-order valence-corrected chi connectivity index (χ3v) is 4.38. The van der Waals surface area contributed by atoms with Gasteiger partial charge >= 0.3 is 0 Å². The summed E-state index contributed by atoms with van der Waals surface area (Å²) in [6, 6.07) is 4.14. The summed E-state index contributed by atoms with van der Waals surface area (Å²) < 4.78 is 10.4. The van der Waals surface area contributed by atoms with Crippen LogP contribution in [0.2, 0.25) is 0 Å². The molecule has 0 atom stereocenters. The van der Waals surface area contributed by atoms with Crippen molar-refractivity contribution in [3.05, 3.63) is 33.9 Å². The summed E-state index contributed by atoms with van der Waals surface area (Å²) >= 11 is 0. The van der Waals surface area contributed by atoms with E-state index in [1.54, 1.807) is 7.11 Å². The molecule has 8 heteroatoms. The Balaban J connectivity index is 2.15. The van der Waals surface area contributed by atoms with Crippen molar-refractivity contribution in [2.45, 2.75) is 12.8 Å². The van der Waals surface area contributed by atoms with Crippen molar-refractivity contribution in [3.8, 4) is 5.75 Å². The number of hydrogen-bond donors (Lipinski definition) is 2. The fourth-order valence-corrected chi connectivity index (χ4v) is 2.98. The van der Waals surface area contributed by atoms with Crippen LogP contribution in [0.4, 0.5) is 5.69 Å². The van der Waals surface area contributed by atoms with Crippen LogP contribution in [0.1, 0.15) is 23.2 Å². The Kier molecular flexibility index (Phi) is 6.10. The maximum Gasteiger partial charge on any atom is 0.282 e. The van der Waals surface area contributed by atoms with Gasteiger partial charge < -0.3 is 20.1 Å². The minimum Gasteiger partial charge on any atom is -0.497 e. The van der Waals surface area contributed by atoms with E-state index in [9.17, 15) is 14.9 Å². The number of rotatable bonds is 7. The molecule has 0 aliphatic carbocycles. The molecule has 1 aromatic carbocycles. The first-order valence-electron chi connectivity index (χ1n) is 7.82. The molecule has 1 aromatic rings. The van der Waals surface area contributed by atoms with Crippen LogP contribution in [-0.2, 0) is 4.74 Å². The lowest BCUT2D eigenvalue weighted by Gasteiger charge is -2.37. The Morgan fingerprint density at radius 1 is 1.38 bits per heavy atom. The number of ether oxygens (including phenoxy) is 2. The van der Waals surface area contributed by atoms with Crippen LogP contribution < -0.4 is 15.4 Å². The Bertz CT molecular complexity index is 594. The normalized spacial score (nSPS) is 16.4. The number of methoxy groups -OCH3 is 2. The fraction of sp³-hybridized carbons (Fsp3) is 0.562. The smallest absolute Gasteiger partial charge is 0.282 e. The number of nitro groups is 1. The lowest BCUT2D eigenvalue weighted by atomic mass is 9.79. The van der Waals surface area contributed by atoms with Gasteiger partial charge in [0.25, 0.3) is 11.6 Å². The minimum absolute atomic E-state index is 0.000788. The van der Waals surface area contributed by atoms with Gasteiger partial charge in [0.05, 0.1) is 18.6 Å². The lowest BCUT2D eigenvalue weighted by Crippen LogP contribution is -2.47. The van der Waals surface area contributed by atoms with Crippen LogP contribution in [0.3, 0.4) is 0 Å². The minimum atomic E-state index is -0.566. The third-order valence-electron chi connectivity index (χ3n) is 4.38. The second-order valence-electron chi connectivity index (χ2n) is 6.01. The van der Waals surface area contributed by atoms with Crippen molar-refractivity contribution < 1.29 is 19.2 Å².